The first-order valence-corrected chi connectivity index (χ1v) is 3.71. The number of hydrogen-bond acceptors (Lipinski definition) is 1. The van der Waals surface area contributed by atoms with E-state index in [-0.39, 0.29) is 6.04 Å². The number of hydrogen-bond donors (Lipinski definition) is 1. The molecule has 0 saturated carbocycles. The predicted octanol–water partition coefficient (Wildman–Crippen LogP) is 2.10. The summed E-state index contributed by atoms with van der Waals surface area (Å²) in [5.41, 5.74) is 5.79. The molecular formula is C9H17N. The fourth-order valence-electron chi connectivity index (χ4n) is 0.748. The summed E-state index contributed by atoms with van der Waals surface area (Å²) in [5, 5.41) is 0. The van der Waals surface area contributed by atoms with E-state index in [0.717, 1.165) is 12.8 Å². The lowest BCUT2D eigenvalue weighted by Gasteiger charge is -2.14. The van der Waals surface area contributed by atoms with Crippen molar-refractivity contribution >= 4 is 0 Å². The van der Waals surface area contributed by atoms with Gasteiger partial charge >= 0.3 is 0 Å². The van der Waals surface area contributed by atoms with E-state index in [2.05, 4.69) is 20.1 Å². The zero-order valence-electron chi connectivity index (χ0n) is 6.72. The van der Waals surface area contributed by atoms with Gasteiger partial charge in [0, 0.05) is 6.04 Å². The van der Waals surface area contributed by atoms with E-state index in [4.69, 9.17) is 5.73 Å². The summed E-state index contributed by atoms with van der Waals surface area (Å²) in [4.78, 5) is 0. The maximum atomic E-state index is 5.79. The number of nitrogens with two attached hydrogens (primary N) is 1. The van der Waals surface area contributed by atoms with Gasteiger partial charge < -0.3 is 5.73 Å². The molecular weight excluding hydrogens is 122 g/mol. The Morgan fingerprint density at radius 1 is 1.50 bits per heavy atom. The lowest BCUT2D eigenvalue weighted by atomic mass is 9.99. The Morgan fingerprint density at radius 3 is 2.50 bits per heavy atom. The summed E-state index contributed by atoms with van der Waals surface area (Å²) in [5.74, 6) is 0.417. The van der Waals surface area contributed by atoms with E-state index in [9.17, 15) is 0 Å². The molecule has 0 fully saturated rings. The van der Waals surface area contributed by atoms with Crippen LogP contribution >= 0.6 is 0 Å². The average molecular weight is 139 g/mol. The van der Waals surface area contributed by atoms with Gasteiger partial charge in [-0.1, -0.05) is 19.1 Å². The summed E-state index contributed by atoms with van der Waals surface area (Å²) in [7, 11) is 0. The topological polar surface area (TPSA) is 26.0 Å². The van der Waals surface area contributed by atoms with Crippen LogP contribution < -0.4 is 5.73 Å². The smallest absolute Gasteiger partial charge is 0.0102 e. The average Bonchev–Trinajstić information content (AvgIpc) is 1.98. The van der Waals surface area contributed by atoms with Gasteiger partial charge in [0.15, 0.2) is 0 Å². The minimum absolute atomic E-state index is 0.246. The first-order chi connectivity index (χ1) is 4.72. The second-order valence-corrected chi connectivity index (χ2v) is 2.62. The Bertz CT molecular complexity index is 107. The van der Waals surface area contributed by atoms with Gasteiger partial charge in [-0.05, 0) is 18.8 Å². The molecule has 0 bridgehead atoms. The maximum absolute atomic E-state index is 5.79. The molecule has 0 rings (SSSR count). The maximum Gasteiger partial charge on any atom is 0.0102 e. The summed E-state index contributed by atoms with van der Waals surface area (Å²) >= 11 is 0. The lowest BCUT2D eigenvalue weighted by molar-refractivity contribution is 0.509. The molecule has 0 aromatic heterocycles. The zero-order valence-corrected chi connectivity index (χ0v) is 6.72. The molecule has 2 N–H and O–H groups in total. The van der Waals surface area contributed by atoms with Crippen molar-refractivity contribution in [3.05, 3.63) is 25.3 Å². The molecule has 0 aromatic carbocycles. The molecule has 0 radical (unpaired) electrons. The van der Waals surface area contributed by atoms with Gasteiger partial charge in [-0.3, -0.25) is 0 Å². The van der Waals surface area contributed by atoms with E-state index in [1.165, 1.54) is 0 Å². The van der Waals surface area contributed by atoms with Crippen LogP contribution in [0.15, 0.2) is 25.3 Å². The Morgan fingerprint density at radius 2 is 2.10 bits per heavy atom. The summed E-state index contributed by atoms with van der Waals surface area (Å²) in [6.07, 6.45) is 5.81. The molecule has 1 heteroatoms. The highest BCUT2D eigenvalue weighted by atomic mass is 14.6. The monoisotopic (exact) mass is 139 g/mol. The van der Waals surface area contributed by atoms with Crippen LogP contribution in [-0.2, 0) is 0 Å². The largest absolute Gasteiger partial charge is 0.327 e. The van der Waals surface area contributed by atoms with Crippen LogP contribution in [0.3, 0.4) is 0 Å². The van der Waals surface area contributed by atoms with E-state index in [1.54, 1.807) is 0 Å². The Hall–Kier alpha value is -0.560. The Balaban J connectivity index is 3.49. The highest BCUT2D eigenvalue weighted by Crippen LogP contribution is 2.07. The fourth-order valence-corrected chi connectivity index (χ4v) is 0.748. The Kier molecular flexibility index (Phi) is 4.95. The van der Waals surface area contributed by atoms with Crippen LogP contribution in [0, 0.1) is 5.92 Å². The zero-order chi connectivity index (χ0) is 7.98. The number of allylic oxidation sites excluding steroid dienone is 1. The van der Waals surface area contributed by atoms with Crippen molar-refractivity contribution in [2.45, 2.75) is 25.8 Å². The second-order valence-electron chi connectivity index (χ2n) is 2.62. The first-order valence-electron chi connectivity index (χ1n) is 3.71. The molecule has 2 atom stereocenters. The molecule has 1 nitrogen and oxygen atoms in total. The molecule has 0 aliphatic heterocycles. The molecule has 0 amide bonds. The lowest BCUT2D eigenvalue weighted by Crippen LogP contribution is -2.26. The van der Waals surface area contributed by atoms with E-state index >= 15 is 0 Å². The van der Waals surface area contributed by atoms with Crippen molar-refractivity contribution in [1.29, 1.82) is 0 Å². The van der Waals surface area contributed by atoms with E-state index in [1.807, 2.05) is 12.2 Å². The van der Waals surface area contributed by atoms with Crippen molar-refractivity contribution in [2.75, 3.05) is 0 Å². The molecule has 58 valence electrons. The molecule has 0 aliphatic rings. The molecule has 10 heavy (non-hydrogen) atoms. The molecule has 0 saturated heterocycles. The van der Waals surface area contributed by atoms with Crippen molar-refractivity contribution in [3.8, 4) is 0 Å². The quantitative estimate of drug-likeness (QED) is 0.580. The van der Waals surface area contributed by atoms with Gasteiger partial charge in [0.25, 0.3) is 0 Å². The van der Waals surface area contributed by atoms with Crippen LogP contribution in [0.4, 0.5) is 0 Å². The van der Waals surface area contributed by atoms with Gasteiger partial charge in [0.1, 0.15) is 0 Å². The summed E-state index contributed by atoms with van der Waals surface area (Å²) in [6.45, 7) is 9.40. The first kappa shape index (κ1) is 9.44. The van der Waals surface area contributed by atoms with Crippen LogP contribution in [0.25, 0.3) is 0 Å². The van der Waals surface area contributed by atoms with Gasteiger partial charge in [0.05, 0.1) is 0 Å². The van der Waals surface area contributed by atoms with Crippen molar-refractivity contribution in [2.24, 2.45) is 11.7 Å². The van der Waals surface area contributed by atoms with E-state index < -0.39 is 0 Å². The van der Waals surface area contributed by atoms with Crippen LogP contribution in [-0.4, -0.2) is 6.04 Å². The third kappa shape index (κ3) is 3.46. The predicted molar refractivity (Wildman–Crippen MR) is 46.8 cm³/mol. The fraction of sp³-hybridized carbons (Fsp3) is 0.556. The van der Waals surface area contributed by atoms with Gasteiger partial charge in [-0.2, -0.15) is 0 Å². The molecule has 2 unspecified atom stereocenters. The molecule has 0 spiro atoms. The highest BCUT2D eigenvalue weighted by molar-refractivity contribution is 4.85. The van der Waals surface area contributed by atoms with E-state index in [0.29, 0.717) is 5.92 Å². The second kappa shape index (κ2) is 5.24. The highest BCUT2D eigenvalue weighted by Gasteiger charge is 2.06. The normalized spacial score (nSPS) is 15.8. The Labute approximate surface area is 63.6 Å². The SMILES string of the molecule is C=CCCC(N)C(C)C=C. The molecule has 0 aromatic rings. The third-order valence-corrected chi connectivity index (χ3v) is 1.75. The molecule has 0 heterocycles. The van der Waals surface area contributed by atoms with Crippen molar-refractivity contribution < 1.29 is 0 Å². The summed E-state index contributed by atoms with van der Waals surface area (Å²) in [6, 6.07) is 0.246. The minimum atomic E-state index is 0.246. The molecule has 0 aliphatic carbocycles. The number of rotatable bonds is 5. The van der Waals surface area contributed by atoms with Crippen molar-refractivity contribution in [3.63, 3.8) is 0 Å². The summed E-state index contributed by atoms with van der Waals surface area (Å²) < 4.78 is 0. The minimum Gasteiger partial charge on any atom is -0.327 e. The van der Waals surface area contributed by atoms with Gasteiger partial charge in [-0.25, -0.2) is 0 Å². The van der Waals surface area contributed by atoms with Gasteiger partial charge in [0.2, 0.25) is 0 Å². The van der Waals surface area contributed by atoms with Crippen LogP contribution in [0.5, 0.6) is 0 Å². The van der Waals surface area contributed by atoms with Crippen molar-refractivity contribution in [1.82, 2.24) is 0 Å². The van der Waals surface area contributed by atoms with Gasteiger partial charge in [-0.15, -0.1) is 13.2 Å². The van der Waals surface area contributed by atoms with Crippen LogP contribution in [0.1, 0.15) is 19.8 Å². The third-order valence-electron chi connectivity index (χ3n) is 1.75. The van der Waals surface area contributed by atoms with Crippen LogP contribution in [0.2, 0.25) is 0 Å². The standard InChI is InChI=1S/C9H17N/c1-4-6-7-9(10)8(3)5-2/h4-5,8-9H,1-2,6-7,10H2,3H3.